The molecule has 2 aromatic rings. The van der Waals surface area contributed by atoms with Gasteiger partial charge >= 0.3 is 6.03 Å². The van der Waals surface area contributed by atoms with E-state index in [4.69, 9.17) is 16.3 Å². The molecule has 2 amide bonds. The largest absolute Gasteiger partial charge is 0.497 e. The Morgan fingerprint density at radius 1 is 1.14 bits per heavy atom. The van der Waals surface area contributed by atoms with Gasteiger partial charge in [0.15, 0.2) is 0 Å². The molecule has 0 spiro atoms. The molecule has 0 fully saturated rings. The minimum Gasteiger partial charge on any atom is -0.497 e. The maximum atomic E-state index is 11.7. The van der Waals surface area contributed by atoms with E-state index in [1.54, 1.807) is 49.7 Å². The Balaban J connectivity index is 1.88. The number of methoxy groups -OCH3 is 1. The summed E-state index contributed by atoms with van der Waals surface area (Å²) in [6.45, 7) is 0. The second-order valence-electron chi connectivity index (χ2n) is 4.18. The van der Waals surface area contributed by atoms with Crippen LogP contribution in [-0.2, 0) is 0 Å². The molecule has 2 N–H and O–H groups in total. The second kappa shape index (κ2) is 7.36. The molecule has 0 aromatic heterocycles. The van der Waals surface area contributed by atoms with Gasteiger partial charge in [-0.3, -0.25) is 0 Å². The third-order valence-electron chi connectivity index (χ3n) is 2.73. The van der Waals surface area contributed by atoms with E-state index < -0.39 is 0 Å². The first-order valence-electron chi connectivity index (χ1n) is 6.31. The number of hydrogen-bond donors (Lipinski definition) is 2. The molecule has 0 aliphatic heterocycles. The van der Waals surface area contributed by atoms with Crippen LogP contribution in [0.15, 0.2) is 54.7 Å². The molecule has 0 radical (unpaired) electrons. The SMILES string of the molecule is COc1ccc(NC(=O)N/C=C/c2ccccc2Cl)cc1. The highest BCUT2D eigenvalue weighted by molar-refractivity contribution is 6.32. The van der Waals surface area contributed by atoms with Gasteiger partial charge in [-0.1, -0.05) is 29.8 Å². The zero-order valence-electron chi connectivity index (χ0n) is 11.5. The minimum atomic E-state index is -0.330. The van der Waals surface area contributed by atoms with Gasteiger partial charge in [0.1, 0.15) is 5.75 Å². The summed E-state index contributed by atoms with van der Waals surface area (Å²) in [4.78, 5) is 11.7. The molecular weight excluding hydrogens is 288 g/mol. The van der Waals surface area contributed by atoms with Crippen LogP contribution in [0.1, 0.15) is 5.56 Å². The zero-order chi connectivity index (χ0) is 15.1. The fraction of sp³-hybridized carbons (Fsp3) is 0.0625. The maximum Gasteiger partial charge on any atom is 0.323 e. The smallest absolute Gasteiger partial charge is 0.323 e. The molecule has 5 heteroatoms. The average molecular weight is 303 g/mol. The molecule has 0 saturated heterocycles. The van der Waals surface area contributed by atoms with Crippen LogP contribution in [-0.4, -0.2) is 13.1 Å². The monoisotopic (exact) mass is 302 g/mol. The van der Waals surface area contributed by atoms with E-state index in [9.17, 15) is 4.79 Å². The number of anilines is 1. The van der Waals surface area contributed by atoms with Crippen LogP contribution >= 0.6 is 11.6 Å². The summed E-state index contributed by atoms with van der Waals surface area (Å²) >= 11 is 6.01. The van der Waals surface area contributed by atoms with Crippen molar-refractivity contribution in [3.05, 3.63) is 65.3 Å². The first-order chi connectivity index (χ1) is 10.2. The van der Waals surface area contributed by atoms with E-state index in [0.717, 1.165) is 11.3 Å². The number of ether oxygens (including phenoxy) is 1. The van der Waals surface area contributed by atoms with Gasteiger partial charge in [0.2, 0.25) is 0 Å². The number of halogens is 1. The number of benzene rings is 2. The Labute approximate surface area is 128 Å². The molecule has 2 rings (SSSR count). The van der Waals surface area contributed by atoms with Crippen LogP contribution in [0.5, 0.6) is 5.75 Å². The number of rotatable bonds is 4. The summed E-state index contributed by atoms with van der Waals surface area (Å²) in [5, 5.41) is 5.95. The third kappa shape index (κ3) is 4.54. The summed E-state index contributed by atoms with van der Waals surface area (Å²) in [5.74, 6) is 0.736. The maximum absolute atomic E-state index is 11.7. The summed E-state index contributed by atoms with van der Waals surface area (Å²) in [6.07, 6.45) is 3.27. The Hall–Kier alpha value is -2.46. The first-order valence-corrected chi connectivity index (χ1v) is 6.69. The fourth-order valence-electron chi connectivity index (χ4n) is 1.66. The average Bonchev–Trinajstić information content (AvgIpc) is 2.50. The van der Waals surface area contributed by atoms with Crippen molar-refractivity contribution in [2.75, 3.05) is 12.4 Å². The van der Waals surface area contributed by atoms with E-state index in [2.05, 4.69) is 10.6 Å². The highest BCUT2D eigenvalue weighted by Crippen LogP contribution is 2.16. The number of hydrogen-bond acceptors (Lipinski definition) is 2. The molecule has 21 heavy (non-hydrogen) atoms. The zero-order valence-corrected chi connectivity index (χ0v) is 12.2. The van der Waals surface area contributed by atoms with Crippen molar-refractivity contribution < 1.29 is 9.53 Å². The van der Waals surface area contributed by atoms with E-state index in [0.29, 0.717) is 10.7 Å². The molecule has 0 bridgehead atoms. The quantitative estimate of drug-likeness (QED) is 0.891. The van der Waals surface area contributed by atoms with Crippen molar-refractivity contribution in [3.63, 3.8) is 0 Å². The molecule has 0 aliphatic rings. The normalized spacial score (nSPS) is 10.4. The van der Waals surface area contributed by atoms with E-state index >= 15 is 0 Å². The lowest BCUT2D eigenvalue weighted by Gasteiger charge is -2.05. The lowest BCUT2D eigenvalue weighted by atomic mass is 10.2. The van der Waals surface area contributed by atoms with Crippen molar-refractivity contribution in [1.82, 2.24) is 5.32 Å². The van der Waals surface area contributed by atoms with Gasteiger partial charge in [0, 0.05) is 16.9 Å². The van der Waals surface area contributed by atoms with E-state index in [-0.39, 0.29) is 6.03 Å². The van der Waals surface area contributed by atoms with Crippen LogP contribution in [0.2, 0.25) is 5.02 Å². The van der Waals surface area contributed by atoms with E-state index in [1.165, 1.54) is 0 Å². The molecule has 0 heterocycles. The summed E-state index contributed by atoms with van der Waals surface area (Å²) in [6, 6.07) is 14.1. The lowest BCUT2D eigenvalue weighted by molar-refractivity contribution is 0.255. The van der Waals surface area contributed by atoms with Crippen molar-refractivity contribution in [3.8, 4) is 5.75 Å². The van der Waals surface area contributed by atoms with Gasteiger partial charge in [-0.15, -0.1) is 0 Å². The minimum absolute atomic E-state index is 0.330. The van der Waals surface area contributed by atoms with Gasteiger partial charge in [-0.25, -0.2) is 4.79 Å². The number of nitrogens with one attached hydrogen (secondary N) is 2. The van der Waals surface area contributed by atoms with Gasteiger partial charge in [-0.05, 0) is 42.0 Å². The standard InChI is InChI=1S/C16H15ClN2O2/c1-21-14-8-6-13(7-9-14)19-16(20)18-11-10-12-4-2-3-5-15(12)17/h2-11H,1H3,(H2,18,19,20)/b11-10+. The molecule has 0 saturated carbocycles. The number of amides is 2. The van der Waals surface area contributed by atoms with Gasteiger partial charge in [0.05, 0.1) is 7.11 Å². The van der Waals surface area contributed by atoms with Crippen LogP contribution in [0.4, 0.5) is 10.5 Å². The topological polar surface area (TPSA) is 50.4 Å². The molecule has 0 unspecified atom stereocenters. The highest BCUT2D eigenvalue weighted by Gasteiger charge is 1.99. The Kier molecular flexibility index (Phi) is 5.23. The molecule has 0 atom stereocenters. The van der Waals surface area contributed by atoms with Crippen LogP contribution in [0.3, 0.4) is 0 Å². The van der Waals surface area contributed by atoms with Crippen molar-refractivity contribution in [2.24, 2.45) is 0 Å². The summed E-state index contributed by atoms with van der Waals surface area (Å²) < 4.78 is 5.05. The first kappa shape index (κ1) is 14.9. The third-order valence-corrected chi connectivity index (χ3v) is 3.07. The number of carbonyl (C=O) groups excluding carboxylic acids is 1. The lowest BCUT2D eigenvalue weighted by Crippen LogP contribution is -2.23. The molecule has 0 aliphatic carbocycles. The Bertz CT molecular complexity index is 639. The van der Waals surface area contributed by atoms with Crippen molar-refractivity contribution in [1.29, 1.82) is 0 Å². The molecule has 4 nitrogen and oxygen atoms in total. The fourth-order valence-corrected chi connectivity index (χ4v) is 1.86. The molecule has 2 aromatic carbocycles. The second-order valence-corrected chi connectivity index (χ2v) is 4.59. The molecule has 108 valence electrons. The van der Waals surface area contributed by atoms with Crippen molar-refractivity contribution in [2.45, 2.75) is 0 Å². The Morgan fingerprint density at radius 3 is 2.52 bits per heavy atom. The van der Waals surface area contributed by atoms with Crippen LogP contribution in [0, 0.1) is 0 Å². The predicted octanol–water partition coefficient (Wildman–Crippen LogP) is 4.14. The van der Waals surface area contributed by atoms with Gasteiger partial charge in [-0.2, -0.15) is 0 Å². The van der Waals surface area contributed by atoms with Crippen molar-refractivity contribution >= 4 is 29.4 Å². The summed E-state index contributed by atoms with van der Waals surface area (Å²) in [7, 11) is 1.59. The van der Waals surface area contributed by atoms with E-state index in [1.807, 2.05) is 18.2 Å². The molecular formula is C16H15ClN2O2. The van der Waals surface area contributed by atoms with Gasteiger partial charge < -0.3 is 15.4 Å². The number of urea groups is 1. The highest BCUT2D eigenvalue weighted by atomic mass is 35.5. The number of carbonyl (C=O) groups is 1. The van der Waals surface area contributed by atoms with Gasteiger partial charge in [0.25, 0.3) is 0 Å². The Morgan fingerprint density at radius 2 is 1.86 bits per heavy atom. The van der Waals surface area contributed by atoms with Crippen LogP contribution in [0.25, 0.3) is 6.08 Å². The summed E-state index contributed by atoms with van der Waals surface area (Å²) in [5.41, 5.74) is 1.52. The predicted molar refractivity (Wildman–Crippen MR) is 85.6 cm³/mol. The van der Waals surface area contributed by atoms with Crippen LogP contribution < -0.4 is 15.4 Å².